The number of urea groups is 1. The van der Waals surface area contributed by atoms with E-state index >= 15 is 0 Å². The second kappa shape index (κ2) is 10.7. The summed E-state index contributed by atoms with van der Waals surface area (Å²) in [6.45, 7) is 5.14. The summed E-state index contributed by atoms with van der Waals surface area (Å²) in [5.74, 6) is 0.752. The molecule has 2 aromatic rings. The minimum Gasteiger partial charge on any atom is -0.405 e. The lowest BCUT2D eigenvalue weighted by Crippen LogP contribution is -2.47. The second-order valence-electron chi connectivity index (χ2n) is 8.16. The largest absolute Gasteiger partial charge is 0.420 e. The molecule has 1 aliphatic rings. The van der Waals surface area contributed by atoms with Gasteiger partial charge in [0.2, 0.25) is 0 Å². The first-order valence-electron chi connectivity index (χ1n) is 10.9. The van der Waals surface area contributed by atoms with Crippen molar-refractivity contribution in [1.29, 1.82) is 0 Å². The standard InChI is InChI=1S/C22H28F3N9O/c1-13-14(2)20(32-31-19(13)17(27-3)5-8-26)34-9-6-15(7-10-34)33(4)21(35)30-18-12-29-28-11-16(18)22(23,24)25/h5,8,11-12,15H,6-7,9-10,26H2,1-4H3,(H,28,30,35)/b8-5-,27-17?. The first kappa shape index (κ1) is 25.8. The van der Waals surface area contributed by atoms with Crippen molar-refractivity contribution in [1.82, 2.24) is 25.3 Å². The highest BCUT2D eigenvalue weighted by atomic mass is 19.4. The zero-order valence-corrected chi connectivity index (χ0v) is 20.0. The lowest BCUT2D eigenvalue weighted by atomic mass is 10.0. The van der Waals surface area contributed by atoms with Crippen LogP contribution in [0.5, 0.6) is 0 Å². The van der Waals surface area contributed by atoms with Gasteiger partial charge in [-0.1, -0.05) is 0 Å². The molecule has 0 unspecified atom stereocenters. The van der Waals surface area contributed by atoms with Crippen LogP contribution in [0.15, 0.2) is 29.7 Å². The lowest BCUT2D eigenvalue weighted by molar-refractivity contribution is -0.137. The minimum absolute atomic E-state index is 0.155. The summed E-state index contributed by atoms with van der Waals surface area (Å²) in [6.07, 6.45) is 1.13. The molecule has 1 fully saturated rings. The van der Waals surface area contributed by atoms with Crippen LogP contribution in [0.3, 0.4) is 0 Å². The molecule has 1 aliphatic heterocycles. The van der Waals surface area contributed by atoms with E-state index in [9.17, 15) is 18.0 Å². The molecule has 3 heterocycles. The number of anilines is 2. The molecule has 1 saturated heterocycles. The average Bonchev–Trinajstić information content (AvgIpc) is 2.84. The molecular weight excluding hydrogens is 463 g/mol. The van der Waals surface area contributed by atoms with Crippen LogP contribution in [-0.4, -0.2) is 70.3 Å². The Labute approximate surface area is 201 Å². The van der Waals surface area contributed by atoms with E-state index in [1.54, 1.807) is 20.2 Å². The van der Waals surface area contributed by atoms with Gasteiger partial charge in [0, 0.05) is 33.2 Å². The molecular formula is C22H28F3N9O. The molecule has 13 heteroatoms. The monoisotopic (exact) mass is 491 g/mol. The fraction of sp³-hybridized carbons (Fsp3) is 0.455. The number of hydrogen-bond acceptors (Lipinski definition) is 8. The number of nitrogens with two attached hydrogens (primary N) is 1. The van der Waals surface area contributed by atoms with Crippen LogP contribution in [0.25, 0.3) is 0 Å². The number of rotatable bonds is 5. The highest BCUT2D eigenvalue weighted by molar-refractivity contribution is 6.08. The summed E-state index contributed by atoms with van der Waals surface area (Å²) >= 11 is 0. The minimum atomic E-state index is -4.65. The predicted molar refractivity (Wildman–Crippen MR) is 126 cm³/mol. The maximum Gasteiger partial charge on any atom is 0.420 e. The highest BCUT2D eigenvalue weighted by Crippen LogP contribution is 2.34. The van der Waals surface area contributed by atoms with Crippen LogP contribution < -0.4 is 16.0 Å². The Morgan fingerprint density at radius 2 is 1.86 bits per heavy atom. The van der Waals surface area contributed by atoms with Crippen LogP contribution in [-0.2, 0) is 6.18 Å². The molecule has 10 nitrogen and oxygen atoms in total. The number of alkyl halides is 3. The first-order valence-corrected chi connectivity index (χ1v) is 10.9. The van der Waals surface area contributed by atoms with Gasteiger partial charge in [-0.05, 0) is 50.1 Å². The van der Waals surface area contributed by atoms with Gasteiger partial charge < -0.3 is 20.9 Å². The Bertz CT molecular complexity index is 1130. The number of carbonyl (C=O) groups is 1. The molecule has 0 spiro atoms. The molecule has 35 heavy (non-hydrogen) atoms. The van der Waals surface area contributed by atoms with Gasteiger partial charge in [0.05, 0.1) is 23.8 Å². The third-order valence-electron chi connectivity index (χ3n) is 6.15. The zero-order valence-electron chi connectivity index (χ0n) is 20.0. The van der Waals surface area contributed by atoms with Crippen LogP contribution in [0.1, 0.15) is 35.2 Å². The van der Waals surface area contributed by atoms with Gasteiger partial charge in [-0.2, -0.15) is 23.4 Å². The molecule has 0 aromatic carbocycles. The van der Waals surface area contributed by atoms with E-state index in [1.165, 1.54) is 11.1 Å². The fourth-order valence-electron chi connectivity index (χ4n) is 3.97. The Balaban J connectivity index is 1.67. The summed E-state index contributed by atoms with van der Waals surface area (Å²) in [5, 5.41) is 17.8. The molecule has 0 saturated carbocycles. The SMILES string of the molecule is CN=C(/C=C\N)c1nnc(N2CCC(N(C)C(=O)Nc3cnncc3C(F)(F)F)CC2)c(C)c1C. The van der Waals surface area contributed by atoms with E-state index in [0.29, 0.717) is 43.5 Å². The van der Waals surface area contributed by atoms with Crippen LogP contribution in [0.2, 0.25) is 0 Å². The Kier molecular flexibility index (Phi) is 7.87. The number of amides is 2. The van der Waals surface area contributed by atoms with Crippen LogP contribution in [0, 0.1) is 13.8 Å². The highest BCUT2D eigenvalue weighted by Gasteiger charge is 2.35. The number of hydrogen-bond donors (Lipinski definition) is 2. The van der Waals surface area contributed by atoms with Gasteiger partial charge in [-0.15, -0.1) is 10.2 Å². The number of aliphatic imine (C=N–C) groups is 1. The van der Waals surface area contributed by atoms with E-state index < -0.39 is 23.5 Å². The van der Waals surface area contributed by atoms with Crippen LogP contribution >= 0.6 is 0 Å². The van der Waals surface area contributed by atoms with Gasteiger partial charge in [0.1, 0.15) is 11.3 Å². The molecule has 2 amide bonds. The maximum absolute atomic E-state index is 13.2. The molecule has 0 bridgehead atoms. The van der Waals surface area contributed by atoms with Gasteiger partial charge >= 0.3 is 12.2 Å². The number of nitrogens with one attached hydrogen (secondary N) is 1. The number of piperidine rings is 1. The summed E-state index contributed by atoms with van der Waals surface area (Å²) < 4.78 is 39.5. The van der Waals surface area contributed by atoms with Crippen molar-refractivity contribution in [3.8, 4) is 0 Å². The van der Waals surface area contributed by atoms with Crippen molar-refractivity contribution in [2.24, 2.45) is 10.7 Å². The third-order valence-corrected chi connectivity index (χ3v) is 6.15. The van der Waals surface area contributed by atoms with E-state index in [4.69, 9.17) is 5.73 Å². The van der Waals surface area contributed by atoms with E-state index in [1.807, 2.05) is 13.8 Å². The summed E-state index contributed by atoms with van der Waals surface area (Å²) in [4.78, 5) is 20.4. The Morgan fingerprint density at radius 3 is 2.46 bits per heavy atom. The van der Waals surface area contributed by atoms with Crippen molar-refractivity contribution < 1.29 is 18.0 Å². The van der Waals surface area contributed by atoms with E-state index in [0.717, 1.165) is 23.1 Å². The topological polar surface area (TPSA) is 126 Å². The lowest BCUT2D eigenvalue weighted by Gasteiger charge is -2.37. The number of carbonyl (C=O) groups excluding carboxylic acids is 1. The number of halogens is 3. The van der Waals surface area contributed by atoms with Gasteiger partial charge in [-0.25, -0.2) is 4.79 Å². The van der Waals surface area contributed by atoms with Gasteiger partial charge in [0.15, 0.2) is 5.82 Å². The molecule has 0 aliphatic carbocycles. The van der Waals surface area contributed by atoms with Crippen molar-refractivity contribution in [2.75, 3.05) is 37.4 Å². The van der Waals surface area contributed by atoms with Crippen LogP contribution in [0.4, 0.5) is 29.5 Å². The molecule has 0 radical (unpaired) electrons. The third kappa shape index (κ3) is 5.66. The number of nitrogens with zero attached hydrogens (tertiary/aromatic N) is 7. The Morgan fingerprint density at radius 1 is 1.20 bits per heavy atom. The summed E-state index contributed by atoms with van der Waals surface area (Å²) in [5.41, 5.74) is 7.23. The number of aromatic nitrogens is 4. The molecule has 188 valence electrons. The van der Waals surface area contributed by atoms with Gasteiger partial charge in [0.25, 0.3) is 0 Å². The van der Waals surface area contributed by atoms with Crippen molar-refractivity contribution in [3.05, 3.63) is 47.1 Å². The quantitative estimate of drug-likeness (QED) is 0.616. The van der Waals surface area contributed by atoms with E-state index in [2.05, 4.69) is 35.6 Å². The van der Waals surface area contributed by atoms with Crippen molar-refractivity contribution in [2.45, 2.75) is 38.9 Å². The maximum atomic E-state index is 13.2. The average molecular weight is 492 g/mol. The summed E-state index contributed by atoms with van der Waals surface area (Å²) in [6, 6.07) is -0.796. The first-order chi connectivity index (χ1) is 16.6. The Hall–Kier alpha value is -3.77. The predicted octanol–water partition coefficient (Wildman–Crippen LogP) is 2.93. The second-order valence-corrected chi connectivity index (χ2v) is 8.16. The number of allylic oxidation sites excluding steroid dienone is 1. The van der Waals surface area contributed by atoms with E-state index in [-0.39, 0.29) is 6.04 Å². The van der Waals surface area contributed by atoms with Crippen molar-refractivity contribution in [3.63, 3.8) is 0 Å². The molecule has 2 aromatic heterocycles. The molecule has 3 N–H and O–H groups in total. The zero-order chi connectivity index (χ0) is 25.8. The fourth-order valence-corrected chi connectivity index (χ4v) is 3.97. The normalized spacial score (nSPS) is 15.5. The molecule has 0 atom stereocenters. The van der Waals surface area contributed by atoms with Gasteiger partial charge in [-0.3, -0.25) is 4.99 Å². The molecule has 3 rings (SSSR count). The smallest absolute Gasteiger partial charge is 0.405 e. The van der Waals surface area contributed by atoms with Crippen molar-refractivity contribution >= 4 is 23.2 Å². The summed E-state index contributed by atoms with van der Waals surface area (Å²) in [7, 11) is 3.23.